The van der Waals surface area contributed by atoms with E-state index in [0.717, 1.165) is 42.1 Å². The molecule has 1 aliphatic heterocycles. The summed E-state index contributed by atoms with van der Waals surface area (Å²) in [5, 5.41) is 9.57. The van der Waals surface area contributed by atoms with Crippen molar-refractivity contribution in [3.05, 3.63) is 64.0 Å². The molecule has 0 saturated carbocycles. The molecule has 1 aromatic carbocycles. The first-order valence-corrected chi connectivity index (χ1v) is 11.4. The fraction of sp³-hybridized carbons (Fsp3) is 0.250. The molecule has 1 unspecified atom stereocenters. The number of H-pyrrole nitrogens is 1. The number of aromatic amines is 1. The first-order valence-electron chi connectivity index (χ1n) is 11.0. The van der Waals surface area contributed by atoms with Gasteiger partial charge in [0.15, 0.2) is 5.65 Å². The van der Waals surface area contributed by atoms with Gasteiger partial charge >= 0.3 is 12.0 Å². The molecule has 0 spiro atoms. The summed E-state index contributed by atoms with van der Waals surface area (Å²) in [7, 11) is 0. The van der Waals surface area contributed by atoms with Crippen LogP contribution in [-0.4, -0.2) is 56.9 Å². The standard InChI is InChI=1S/C24H22ClN5O5/c1-14(23(32)33)30-7-6-17(12-20(30)31)35-24-26-19-13-18(25)21(27-22(19)28-24)15-2-4-16(5-3-15)29-8-10-34-11-9-29/h2-7,12-14H,8-11H2,1H3,(H,32,33)(H,26,27,28). The van der Waals surface area contributed by atoms with Gasteiger partial charge in [-0.1, -0.05) is 23.7 Å². The summed E-state index contributed by atoms with van der Waals surface area (Å²) in [4.78, 5) is 37.6. The molecule has 1 aliphatic rings. The van der Waals surface area contributed by atoms with E-state index in [0.29, 0.717) is 21.9 Å². The van der Waals surface area contributed by atoms with E-state index in [9.17, 15) is 9.59 Å². The number of aromatic nitrogens is 4. The highest BCUT2D eigenvalue weighted by atomic mass is 35.5. The van der Waals surface area contributed by atoms with Crippen LogP contribution in [0.2, 0.25) is 5.02 Å². The molecule has 35 heavy (non-hydrogen) atoms. The van der Waals surface area contributed by atoms with Gasteiger partial charge in [-0.15, -0.1) is 0 Å². The predicted octanol–water partition coefficient (Wildman–Crippen LogP) is 3.71. The van der Waals surface area contributed by atoms with Gasteiger partial charge in [-0.05, 0) is 31.2 Å². The largest absolute Gasteiger partial charge is 0.480 e. The van der Waals surface area contributed by atoms with E-state index in [1.54, 1.807) is 6.07 Å². The maximum atomic E-state index is 12.3. The lowest BCUT2D eigenvalue weighted by atomic mass is 10.1. The Bertz CT molecular complexity index is 1440. The number of carboxylic acids is 1. The van der Waals surface area contributed by atoms with E-state index in [1.807, 2.05) is 24.3 Å². The van der Waals surface area contributed by atoms with Gasteiger partial charge in [0.1, 0.15) is 11.8 Å². The van der Waals surface area contributed by atoms with Crippen LogP contribution in [-0.2, 0) is 9.53 Å². The van der Waals surface area contributed by atoms with Crippen LogP contribution in [0, 0.1) is 0 Å². The third-order valence-electron chi connectivity index (χ3n) is 5.83. The summed E-state index contributed by atoms with van der Waals surface area (Å²) in [5.74, 6) is -0.888. The van der Waals surface area contributed by atoms with E-state index in [2.05, 4.69) is 19.9 Å². The number of fused-ring (bicyclic) bond motifs is 1. The van der Waals surface area contributed by atoms with Crippen LogP contribution >= 0.6 is 11.6 Å². The van der Waals surface area contributed by atoms with Crippen molar-refractivity contribution in [1.29, 1.82) is 0 Å². The van der Waals surface area contributed by atoms with Crippen molar-refractivity contribution < 1.29 is 19.4 Å². The zero-order chi connectivity index (χ0) is 24.5. The minimum atomic E-state index is -1.10. The monoisotopic (exact) mass is 495 g/mol. The van der Waals surface area contributed by atoms with Gasteiger partial charge in [0.05, 0.1) is 29.4 Å². The van der Waals surface area contributed by atoms with Crippen molar-refractivity contribution in [3.63, 3.8) is 0 Å². The quantitative estimate of drug-likeness (QED) is 0.415. The first kappa shape index (κ1) is 22.9. The molecular weight excluding hydrogens is 474 g/mol. The van der Waals surface area contributed by atoms with Gasteiger partial charge in [0, 0.05) is 36.6 Å². The number of aliphatic carboxylic acids is 1. The Balaban J connectivity index is 1.38. The third kappa shape index (κ3) is 4.71. The number of pyridine rings is 2. The lowest BCUT2D eigenvalue weighted by Crippen LogP contribution is -2.36. The summed E-state index contributed by atoms with van der Waals surface area (Å²) >= 11 is 6.52. The van der Waals surface area contributed by atoms with Gasteiger partial charge in [-0.3, -0.25) is 4.79 Å². The molecule has 4 heterocycles. The zero-order valence-corrected chi connectivity index (χ0v) is 19.5. The Kier molecular flexibility index (Phi) is 6.14. The zero-order valence-electron chi connectivity index (χ0n) is 18.8. The molecule has 10 nitrogen and oxygen atoms in total. The van der Waals surface area contributed by atoms with Crippen molar-refractivity contribution >= 4 is 34.4 Å². The Labute approximate surface area is 204 Å². The maximum Gasteiger partial charge on any atom is 0.326 e. The Morgan fingerprint density at radius 1 is 1.17 bits per heavy atom. The number of ether oxygens (including phenoxy) is 2. The lowest BCUT2D eigenvalue weighted by molar-refractivity contribution is -0.140. The van der Waals surface area contributed by atoms with Crippen molar-refractivity contribution in [3.8, 4) is 23.0 Å². The van der Waals surface area contributed by atoms with Crippen LogP contribution in [0.1, 0.15) is 13.0 Å². The highest BCUT2D eigenvalue weighted by Gasteiger charge is 2.17. The van der Waals surface area contributed by atoms with Crippen LogP contribution in [0.3, 0.4) is 0 Å². The van der Waals surface area contributed by atoms with Gasteiger partial charge < -0.3 is 29.0 Å². The second kappa shape index (κ2) is 9.40. The van der Waals surface area contributed by atoms with E-state index >= 15 is 0 Å². The number of carbonyl (C=O) groups is 1. The normalized spacial score (nSPS) is 14.7. The fourth-order valence-electron chi connectivity index (χ4n) is 3.88. The topological polar surface area (TPSA) is 123 Å². The summed E-state index contributed by atoms with van der Waals surface area (Å²) < 4.78 is 12.2. The lowest BCUT2D eigenvalue weighted by Gasteiger charge is -2.28. The molecule has 2 N–H and O–H groups in total. The van der Waals surface area contributed by atoms with E-state index < -0.39 is 17.6 Å². The molecule has 0 radical (unpaired) electrons. The van der Waals surface area contributed by atoms with Crippen LogP contribution < -0.4 is 15.2 Å². The minimum absolute atomic E-state index is 0.131. The second-order valence-electron chi connectivity index (χ2n) is 8.10. The van der Waals surface area contributed by atoms with Gasteiger partial charge in [-0.25, -0.2) is 9.78 Å². The molecule has 1 saturated heterocycles. The minimum Gasteiger partial charge on any atom is -0.480 e. The number of rotatable bonds is 6. The van der Waals surface area contributed by atoms with Crippen molar-refractivity contribution in [2.24, 2.45) is 0 Å². The number of halogens is 1. The second-order valence-corrected chi connectivity index (χ2v) is 8.51. The summed E-state index contributed by atoms with van der Waals surface area (Å²) in [6.07, 6.45) is 1.37. The van der Waals surface area contributed by atoms with Crippen molar-refractivity contribution in [1.82, 2.24) is 19.5 Å². The predicted molar refractivity (Wildman–Crippen MR) is 130 cm³/mol. The van der Waals surface area contributed by atoms with Gasteiger partial charge in [-0.2, -0.15) is 4.98 Å². The molecule has 0 bridgehead atoms. The van der Waals surface area contributed by atoms with Gasteiger partial charge in [0.25, 0.3) is 5.56 Å². The molecule has 5 rings (SSSR count). The van der Waals surface area contributed by atoms with Crippen molar-refractivity contribution in [2.45, 2.75) is 13.0 Å². The molecule has 0 amide bonds. The molecule has 0 aliphatic carbocycles. The third-order valence-corrected chi connectivity index (χ3v) is 6.12. The maximum absolute atomic E-state index is 12.3. The number of anilines is 1. The highest BCUT2D eigenvalue weighted by Crippen LogP contribution is 2.31. The van der Waals surface area contributed by atoms with Crippen LogP contribution in [0.5, 0.6) is 11.8 Å². The molecule has 4 aromatic rings. The van der Waals surface area contributed by atoms with E-state index in [1.165, 1.54) is 25.3 Å². The smallest absolute Gasteiger partial charge is 0.326 e. The average molecular weight is 496 g/mol. The summed E-state index contributed by atoms with van der Waals surface area (Å²) in [6, 6.07) is 11.6. The fourth-order valence-corrected chi connectivity index (χ4v) is 4.14. The summed E-state index contributed by atoms with van der Waals surface area (Å²) in [6.45, 7) is 4.57. The molecule has 11 heteroatoms. The van der Waals surface area contributed by atoms with Crippen LogP contribution in [0.4, 0.5) is 5.69 Å². The number of hydrogen-bond acceptors (Lipinski definition) is 7. The average Bonchev–Trinajstić information content (AvgIpc) is 3.24. The SMILES string of the molecule is CC(C(=O)O)n1ccc(Oc2nc3nc(-c4ccc(N5CCOCC5)cc4)c(Cl)cc3[nH]2)cc1=O. The number of benzene rings is 1. The van der Waals surface area contributed by atoms with E-state index in [4.69, 9.17) is 26.2 Å². The number of morpholine rings is 1. The van der Waals surface area contributed by atoms with Gasteiger partial charge in [0.2, 0.25) is 0 Å². The molecule has 1 atom stereocenters. The Hall–Kier alpha value is -3.89. The molecule has 3 aromatic heterocycles. The van der Waals surface area contributed by atoms with E-state index in [-0.39, 0.29) is 11.8 Å². The van der Waals surface area contributed by atoms with Crippen molar-refractivity contribution in [2.75, 3.05) is 31.2 Å². The highest BCUT2D eigenvalue weighted by molar-refractivity contribution is 6.33. The van der Waals surface area contributed by atoms with Crippen LogP contribution in [0.15, 0.2) is 53.5 Å². The molecule has 1 fully saturated rings. The number of nitrogens with one attached hydrogen (secondary N) is 1. The van der Waals surface area contributed by atoms with Crippen LogP contribution in [0.25, 0.3) is 22.4 Å². The number of hydrogen-bond donors (Lipinski definition) is 2. The molecule has 180 valence electrons. The Morgan fingerprint density at radius 2 is 1.91 bits per heavy atom. The Morgan fingerprint density at radius 3 is 2.60 bits per heavy atom. The molecular formula is C24H22ClN5O5. The first-order chi connectivity index (χ1) is 16.9. The number of carboxylic acid groups (broad SMARTS) is 1. The number of imidazole rings is 1. The number of nitrogens with zero attached hydrogens (tertiary/aromatic N) is 4. The summed E-state index contributed by atoms with van der Waals surface area (Å²) in [5.41, 5.74) is 3.05.